The van der Waals surface area contributed by atoms with Crippen molar-refractivity contribution < 1.29 is 9.13 Å². The van der Waals surface area contributed by atoms with Gasteiger partial charge in [-0.3, -0.25) is 0 Å². The van der Waals surface area contributed by atoms with Crippen molar-refractivity contribution in [2.75, 3.05) is 19.7 Å². The Bertz CT molecular complexity index is 424. The number of ether oxygens (including phenoxy) is 1. The lowest BCUT2D eigenvalue weighted by Crippen LogP contribution is -2.40. The molecule has 3 rings (SSSR count). The lowest BCUT2D eigenvalue weighted by molar-refractivity contribution is 0.151. The smallest absolute Gasteiger partial charge is 0.138 e. The van der Waals surface area contributed by atoms with Gasteiger partial charge in [0.15, 0.2) is 0 Å². The van der Waals surface area contributed by atoms with Crippen molar-refractivity contribution in [1.82, 2.24) is 5.32 Å². The fourth-order valence-electron chi connectivity index (χ4n) is 3.25. The highest BCUT2D eigenvalue weighted by Gasteiger charge is 2.39. The molecule has 1 saturated carbocycles. The first-order valence-electron chi connectivity index (χ1n) is 6.52. The van der Waals surface area contributed by atoms with Crippen LogP contribution in [0.4, 0.5) is 4.39 Å². The van der Waals surface area contributed by atoms with Crippen LogP contribution >= 0.6 is 11.6 Å². The zero-order valence-corrected chi connectivity index (χ0v) is 10.9. The maximum absolute atomic E-state index is 12.9. The molecule has 1 aromatic carbocycles. The maximum atomic E-state index is 12.9. The van der Waals surface area contributed by atoms with Crippen LogP contribution < -0.4 is 10.1 Å². The van der Waals surface area contributed by atoms with E-state index >= 15 is 0 Å². The third kappa shape index (κ3) is 2.34. The minimum atomic E-state index is -0.325. The fourth-order valence-corrected chi connectivity index (χ4v) is 3.47. The Morgan fingerprint density at radius 1 is 1.28 bits per heavy atom. The van der Waals surface area contributed by atoms with Crippen LogP contribution in [0.3, 0.4) is 0 Å². The molecule has 2 fully saturated rings. The summed E-state index contributed by atoms with van der Waals surface area (Å²) in [4.78, 5) is 0. The molecule has 0 amide bonds. The van der Waals surface area contributed by atoms with Gasteiger partial charge in [-0.05, 0) is 56.0 Å². The summed E-state index contributed by atoms with van der Waals surface area (Å²) < 4.78 is 18.7. The standard InChI is InChI=1S/C14H17ClFNO/c15-13-5-11(16)3-4-14(13)18-8-12-9-1-2-10(12)7-17-6-9/h3-5,9-10,12,17H,1-2,6-8H2. The fraction of sp³-hybridized carbons (Fsp3) is 0.571. The Labute approximate surface area is 111 Å². The Balaban J connectivity index is 1.64. The van der Waals surface area contributed by atoms with Crippen LogP contribution in [-0.4, -0.2) is 19.7 Å². The Morgan fingerprint density at radius 3 is 2.67 bits per heavy atom. The number of piperidine rings is 1. The highest BCUT2D eigenvalue weighted by atomic mass is 35.5. The molecule has 2 atom stereocenters. The van der Waals surface area contributed by atoms with E-state index in [1.165, 1.54) is 25.0 Å². The lowest BCUT2D eigenvalue weighted by atomic mass is 9.87. The van der Waals surface area contributed by atoms with Gasteiger partial charge in [-0.1, -0.05) is 11.6 Å². The van der Waals surface area contributed by atoms with Gasteiger partial charge in [0.1, 0.15) is 11.6 Å². The average Bonchev–Trinajstić information content (AvgIpc) is 2.58. The first kappa shape index (κ1) is 12.2. The van der Waals surface area contributed by atoms with Crippen molar-refractivity contribution in [1.29, 1.82) is 0 Å². The summed E-state index contributed by atoms with van der Waals surface area (Å²) in [6, 6.07) is 4.30. The van der Waals surface area contributed by atoms with Gasteiger partial charge < -0.3 is 10.1 Å². The largest absolute Gasteiger partial charge is 0.492 e. The molecule has 2 nitrogen and oxygen atoms in total. The zero-order chi connectivity index (χ0) is 12.5. The zero-order valence-electron chi connectivity index (χ0n) is 10.2. The summed E-state index contributed by atoms with van der Waals surface area (Å²) in [5.74, 6) is 2.34. The predicted octanol–water partition coefficient (Wildman–Crippen LogP) is 3.10. The molecule has 1 heterocycles. The minimum absolute atomic E-state index is 0.325. The number of halogens is 2. The van der Waals surface area contributed by atoms with Gasteiger partial charge in [-0.25, -0.2) is 4.39 Å². The van der Waals surface area contributed by atoms with E-state index in [0.717, 1.165) is 24.9 Å². The number of hydrogen-bond donors (Lipinski definition) is 1. The van der Waals surface area contributed by atoms with E-state index in [0.29, 0.717) is 23.3 Å². The molecule has 2 aliphatic rings. The predicted molar refractivity (Wildman–Crippen MR) is 69.5 cm³/mol. The van der Waals surface area contributed by atoms with Gasteiger partial charge in [0.2, 0.25) is 0 Å². The van der Waals surface area contributed by atoms with Crippen molar-refractivity contribution in [2.45, 2.75) is 12.8 Å². The number of fused-ring (bicyclic) bond motifs is 2. The van der Waals surface area contributed by atoms with Gasteiger partial charge in [-0.15, -0.1) is 0 Å². The summed E-state index contributed by atoms with van der Waals surface area (Å²) in [6.07, 6.45) is 2.59. The van der Waals surface area contributed by atoms with Crippen molar-refractivity contribution in [3.63, 3.8) is 0 Å². The molecule has 1 aliphatic heterocycles. The number of hydrogen-bond acceptors (Lipinski definition) is 2. The minimum Gasteiger partial charge on any atom is -0.492 e. The maximum Gasteiger partial charge on any atom is 0.138 e. The topological polar surface area (TPSA) is 21.3 Å². The third-order valence-corrected chi connectivity index (χ3v) is 4.55. The number of rotatable bonds is 3. The van der Waals surface area contributed by atoms with E-state index in [1.54, 1.807) is 6.07 Å². The number of nitrogens with one attached hydrogen (secondary N) is 1. The molecule has 0 radical (unpaired) electrons. The molecule has 0 aromatic heterocycles. The van der Waals surface area contributed by atoms with Gasteiger partial charge in [-0.2, -0.15) is 0 Å². The Hall–Kier alpha value is -0.800. The van der Waals surface area contributed by atoms with E-state index < -0.39 is 0 Å². The van der Waals surface area contributed by atoms with Gasteiger partial charge >= 0.3 is 0 Å². The van der Waals surface area contributed by atoms with E-state index in [9.17, 15) is 4.39 Å². The molecule has 18 heavy (non-hydrogen) atoms. The van der Waals surface area contributed by atoms with Crippen LogP contribution in [0, 0.1) is 23.6 Å². The van der Waals surface area contributed by atoms with Crippen molar-refractivity contribution >= 4 is 11.6 Å². The van der Waals surface area contributed by atoms with Crippen LogP contribution in [0.25, 0.3) is 0 Å². The van der Waals surface area contributed by atoms with Crippen LogP contribution in [0.15, 0.2) is 18.2 Å². The second-order valence-corrected chi connectivity index (χ2v) is 5.71. The first-order chi connectivity index (χ1) is 8.74. The summed E-state index contributed by atoms with van der Waals surface area (Å²) in [5.41, 5.74) is 0. The second-order valence-electron chi connectivity index (χ2n) is 5.31. The molecule has 2 bridgehead atoms. The second kappa shape index (κ2) is 5.06. The molecular weight excluding hydrogens is 253 g/mol. The summed E-state index contributed by atoms with van der Waals surface area (Å²) >= 11 is 5.96. The van der Waals surface area contributed by atoms with Crippen molar-refractivity contribution in [3.8, 4) is 5.75 Å². The average molecular weight is 270 g/mol. The highest BCUT2D eigenvalue weighted by Crippen LogP contribution is 2.39. The monoisotopic (exact) mass is 269 g/mol. The summed E-state index contributed by atoms with van der Waals surface area (Å²) in [6.45, 7) is 2.89. The molecule has 1 N–H and O–H groups in total. The van der Waals surface area contributed by atoms with Gasteiger partial charge in [0, 0.05) is 5.92 Å². The van der Waals surface area contributed by atoms with Gasteiger partial charge in [0.05, 0.1) is 11.6 Å². The Kier molecular flexibility index (Phi) is 3.44. The summed E-state index contributed by atoms with van der Waals surface area (Å²) in [7, 11) is 0. The molecule has 4 heteroatoms. The first-order valence-corrected chi connectivity index (χ1v) is 6.90. The molecule has 1 aromatic rings. The van der Waals surface area contributed by atoms with E-state index in [2.05, 4.69) is 5.32 Å². The van der Waals surface area contributed by atoms with E-state index in [4.69, 9.17) is 16.3 Å². The summed E-state index contributed by atoms with van der Waals surface area (Å²) in [5, 5.41) is 3.82. The number of benzene rings is 1. The van der Waals surface area contributed by atoms with Crippen LogP contribution in [0.1, 0.15) is 12.8 Å². The third-order valence-electron chi connectivity index (χ3n) is 4.26. The molecular formula is C14H17ClFNO. The normalized spacial score (nSPS) is 30.4. The Morgan fingerprint density at radius 2 is 2.00 bits per heavy atom. The van der Waals surface area contributed by atoms with Crippen LogP contribution in [0.5, 0.6) is 5.75 Å². The molecule has 1 aliphatic carbocycles. The van der Waals surface area contributed by atoms with Gasteiger partial charge in [0.25, 0.3) is 0 Å². The molecule has 0 spiro atoms. The molecule has 1 saturated heterocycles. The van der Waals surface area contributed by atoms with E-state index in [1.807, 2.05) is 0 Å². The van der Waals surface area contributed by atoms with Crippen LogP contribution in [0.2, 0.25) is 5.02 Å². The van der Waals surface area contributed by atoms with Crippen molar-refractivity contribution in [2.24, 2.45) is 17.8 Å². The molecule has 98 valence electrons. The van der Waals surface area contributed by atoms with Crippen LogP contribution in [-0.2, 0) is 0 Å². The quantitative estimate of drug-likeness (QED) is 0.910. The van der Waals surface area contributed by atoms with Crippen molar-refractivity contribution in [3.05, 3.63) is 29.0 Å². The highest BCUT2D eigenvalue weighted by molar-refractivity contribution is 6.32. The molecule has 2 unspecified atom stereocenters. The van der Waals surface area contributed by atoms with E-state index in [-0.39, 0.29) is 5.82 Å². The SMILES string of the molecule is Fc1ccc(OCC2C3CCC2CNC3)c(Cl)c1. The lowest BCUT2D eigenvalue weighted by Gasteiger charge is -2.30.